The van der Waals surface area contributed by atoms with E-state index in [-0.39, 0.29) is 6.10 Å². The van der Waals surface area contributed by atoms with Crippen LogP contribution in [0.3, 0.4) is 0 Å². The summed E-state index contributed by atoms with van der Waals surface area (Å²) in [6.07, 6.45) is 1.30. The second kappa shape index (κ2) is 6.95. The van der Waals surface area contributed by atoms with Gasteiger partial charge < -0.3 is 9.84 Å². The Bertz CT molecular complexity index is 474. The van der Waals surface area contributed by atoms with Gasteiger partial charge >= 0.3 is 0 Å². The zero-order valence-electron chi connectivity index (χ0n) is 11.3. The van der Waals surface area contributed by atoms with Gasteiger partial charge in [-0.25, -0.2) is 0 Å². The maximum Gasteiger partial charge on any atom is 0.119 e. The normalized spacial score (nSPS) is 12.1. The van der Waals surface area contributed by atoms with Crippen LogP contribution in [0, 0.1) is 0 Å². The predicted octanol–water partition coefficient (Wildman–Crippen LogP) is 3.23. The summed E-state index contributed by atoms with van der Waals surface area (Å²) >= 11 is 0. The van der Waals surface area contributed by atoms with Crippen LogP contribution in [-0.2, 0) is 12.8 Å². The summed E-state index contributed by atoms with van der Waals surface area (Å²) in [5.41, 5.74) is 2.42. The zero-order chi connectivity index (χ0) is 13.5. The van der Waals surface area contributed by atoms with Gasteiger partial charge in [0, 0.05) is 6.42 Å². The van der Waals surface area contributed by atoms with Crippen LogP contribution in [0.2, 0.25) is 0 Å². The lowest BCUT2D eigenvalue weighted by atomic mass is 10.1. The first-order valence-corrected chi connectivity index (χ1v) is 6.68. The first kappa shape index (κ1) is 13.6. The number of aliphatic hydroxyl groups is 1. The Labute approximate surface area is 114 Å². The summed E-state index contributed by atoms with van der Waals surface area (Å²) in [4.78, 5) is 0. The largest absolute Gasteiger partial charge is 0.493 e. The van der Waals surface area contributed by atoms with Gasteiger partial charge in [-0.2, -0.15) is 0 Å². The lowest BCUT2D eigenvalue weighted by Crippen LogP contribution is -2.04. The van der Waals surface area contributed by atoms with Crippen LogP contribution in [0.1, 0.15) is 18.1 Å². The van der Waals surface area contributed by atoms with Gasteiger partial charge in [0.2, 0.25) is 0 Å². The third-order valence-electron chi connectivity index (χ3n) is 2.96. The van der Waals surface area contributed by atoms with E-state index in [2.05, 4.69) is 12.1 Å². The molecule has 100 valence electrons. The second-order valence-corrected chi connectivity index (χ2v) is 4.78. The van der Waals surface area contributed by atoms with Crippen LogP contribution >= 0.6 is 0 Å². The van der Waals surface area contributed by atoms with E-state index in [4.69, 9.17) is 4.74 Å². The van der Waals surface area contributed by atoms with E-state index in [1.807, 2.05) is 42.5 Å². The van der Waals surface area contributed by atoms with E-state index in [0.29, 0.717) is 13.0 Å². The van der Waals surface area contributed by atoms with Crippen LogP contribution in [0.5, 0.6) is 5.75 Å². The molecule has 2 aromatic carbocycles. The van der Waals surface area contributed by atoms with Gasteiger partial charge in [0.25, 0.3) is 0 Å². The summed E-state index contributed by atoms with van der Waals surface area (Å²) in [7, 11) is 0. The first-order valence-electron chi connectivity index (χ1n) is 6.68. The molecular weight excluding hydrogens is 236 g/mol. The SMILES string of the molecule is CC(O)Cc1ccc(OCCc2ccccc2)cc1. The number of hydrogen-bond donors (Lipinski definition) is 1. The molecule has 0 radical (unpaired) electrons. The quantitative estimate of drug-likeness (QED) is 0.859. The van der Waals surface area contributed by atoms with E-state index in [1.165, 1.54) is 5.56 Å². The standard InChI is InChI=1S/C17H20O2/c1-14(18)13-16-7-9-17(10-8-16)19-12-11-15-5-3-2-4-6-15/h2-10,14,18H,11-13H2,1H3. The van der Waals surface area contributed by atoms with Gasteiger partial charge in [0.05, 0.1) is 12.7 Å². The summed E-state index contributed by atoms with van der Waals surface area (Å²) < 4.78 is 5.71. The molecule has 0 aliphatic heterocycles. The van der Waals surface area contributed by atoms with Crippen LogP contribution in [0.25, 0.3) is 0 Å². The monoisotopic (exact) mass is 256 g/mol. The molecule has 0 aromatic heterocycles. The van der Waals surface area contributed by atoms with Crippen molar-refractivity contribution >= 4 is 0 Å². The minimum absolute atomic E-state index is 0.301. The molecule has 2 rings (SSSR count). The van der Waals surface area contributed by atoms with Crippen LogP contribution in [0.15, 0.2) is 54.6 Å². The fraction of sp³-hybridized carbons (Fsp3) is 0.294. The second-order valence-electron chi connectivity index (χ2n) is 4.78. The van der Waals surface area contributed by atoms with E-state index in [1.54, 1.807) is 6.92 Å². The summed E-state index contributed by atoms with van der Waals surface area (Å²) in [5.74, 6) is 0.880. The van der Waals surface area contributed by atoms with Gasteiger partial charge in [-0.1, -0.05) is 42.5 Å². The van der Waals surface area contributed by atoms with Crippen molar-refractivity contribution in [1.29, 1.82) is 0 Å². The zero-order valence-corrected chi connectivity index (χ0v) is 11.3. The molecule has 0 bridgehead atoms. The fourth-order valence-corrected chi connectivity index (χ4v) is 1.99. The van der Waals surface area contributed by atoms with Crippen molar-refractivity contribution in [1.82, 2.24) is 0 Å². The number of ether oxygens (including phenoxy) is 1. The number of rotatable bonds is 6. The van der Waals surface area contributed by atoms with Crippen molar-refractivity contribution < 1.29 is 9.84 Å². The van der Waals surface area contributed by atoms with Gasteiger partial charge in [-0.15, -0.1) is 0 Å². The molecule has 19 heavy (non-hydrogen) atoms. The molecule has 1 N–H and O–H groups in total. The van der Waals surface area contributed by atoms with Crippen LogP contribution < -0.4 is 4.74 Å². The van der Waals surface area contributed by atoms with E-state index >= 15 is 0 Å². The highest BCUT2D eigenvalue weighted by Crippen LogP contribution is 2.14. The Morgan fingerprint density at radius 2 is 1.63 bits per heavy atom. The predicted molar refractivity (Wildman–Crippen MR) is 77.5 cm³/mol. The maximum atomic E-state index is 9.31. The molecule has 2 nitrogen and oxygen atoms in total. The lowest BCUT2D eigenvalue weighted by Gasteiger charge is -2.08. The van der Waals surface area contributed by atoms with Crippen molar-refractivity contribution in [2.45, 2.75) is 25.9 Å². The lowest BCUT2D eigenvalue weighted by molar-refractivity contribution is 0.195. The molecule has 0 saturated heterocycles. The maximum absolute atomic E-state index is 9.31. The molecule has 0 heterocycles. The average molecular weight is 256 g/mol. The highest BCUT2D eigenvalue weighted by atomic mass is 16.5. The number of benzene rings is 2. The van der Waals surface area contributed by atoms with Crippen molar-refractivity contribution in [3.63, 3.8) is 0 Å². The summed E-state index contributed by atoms with van der Waals surface area (Å²) in [5, 5.41) is 9.31. The Kier molecular flexibility index (Phi) is 4.99. The average Bonchev–Trinajstić information content (AvgIpc) is 2.41. The van der Waals surface area contributed by atoms with Crippen molar-refractivity contribution in [3.05, 3.63) is 65.7 Å². The topological polar surface area (TPSA) is 29.5 Å². The molecule has 0 spiro atoms. The first-order chi connectivity index (χ1) is 9.24. The smallest absolute Gasteiger partial charge is 0.119 e. The molecular formula is C17H20O2. The van der Waals surface area contributed by atoms with E-state index in [0.717, 1.165) is 17.7 Å². The van der Waals surface area contributed by atoms with Crippen molar-refractivity contribution in [2.75, 3.05) is 6.61 Å². The molecule has 0 aliphatic carbocycles. The summed E-state index contributed by atoms with van der Waals surface area (Å²) in [6.45, 7) is 2.48. The minimum atomic E-state index is -0.301. The Balaban J connectivity index is 1.80. The highest BCUT2D eigenvalue weighted by Gasteiger charge is 2.00. The van der Waals surface area contributed by atoms with Crippen LogP contribution in [0.4, 0.5) is 0 Å². The minimum Gasteiger partial charge on any atom is -0.493 e. The molecule has 0 amide bonds. The molecule has 1 atom stereocenters. The molecule has 0 aliphatic rings. The highest BCUT2D eigenvalue weighted by molar-refractivity contribution is 5.27. The Morgan fingerprint density at radius 3 is 2.26 bits per heavy atom. The molecule has 2 aromatic rings. The third kappa shape index (κ3) is 4.76. The molecule has 2 heteroatoms. The summed E-state index contributed by atoms with van der Waals surface area (Å²) in [6, 6.07) is 18.2. The molecule has 0 saturated carbocycles. The van der Waals surface area contributed by atoms with E-state index < -0.39 is 0 Å². The van der Waals surface area contributed by atoms with Gasteiger partial charge in [-0.3, -0.25) is 0 Å². The Morgan fingerprint density at radius 1 is 0.947 bits per heavy atom. The third-order valence-corrected chi connectivity index (χ3v) is 2.96. The Hall–Kier alpha value is -1.80. The molecule has 1 unspecified atom stereocenters. The van der Waals surface area contributed by atoms with Crippen molar-refractivity contribution in [3.8, 4) is 5.75 Å². The van der Waals surface area contributed by atoms with E-state index in [9.17, 15) is 5.11 Å². The fourth-order valence-electron chi connectivity index (χ4n) is 1.99. The van der Waals surface area contributed by atoms with Crippen LogP contribution in [-0.4, -0.2) is 17.8 Å². The molecule has 0 fully saturated rings. The number of aliphatic hydroxyl groups excluding tert-OH is 1. The van der Waals surface area contributed by atoms with Gasteiger partial charge in [0.15, 0.2) is 0 Å². The number of hydrogen-bond acceptors (Lipinski definition) is 2. The van der Waals surface area contributed by atoms with Gasteiger partial charge in [0.1, 0.15) is 5.75 Å². The van der Waals surface area contributed by atoms with Crippen molar-refractivity contribution in [2.24, 2.45) is 0 Å². The van der Waals surface area contributed by atoms with Gasteiger partial charge in [-0.05, 0) is 36.6 Å².